The normalized spacial score (nSPS) is 10.7. The Labute approximate surface area is 63.8 Å². The second-order valence-corrected chi connectivity index (χ2v) is 3.11. The molecule has 0 radical (unpaired) electrons. The van der Waals surface area contributed by atoms with Gasteiger partial charge >= 0.3 is 0 Å². The van der Waals surface area contributed by atoms with E-state index in [2.05, 4.69) is 31.4 Å². The largest absolute Gasteiger partial charge is 0.267 e. The highest BCUT2D eigenvalue weighted by Crippen LogP contribution is 2.04. The predicted octanol–water partition coefficient (Wildman–Crippen LogP) is 2.25. The first-order valence-electron chi connectivity index (χ1n) is 3.64. The highest BCUT2D eigenvalue weighted by atomic mass is 32.1. The number of thiol groups is 1. The molecule has 9 heavy (non-hydrogen) atoms. The fraction of sp³-hybridized carbons (Fsp3) is 1.00. The van der Waals surface area contributed by atoms with E-state index in [1.807, 2.05) is 0 Å². The van der Waals surface area contributed by atoms with E-state index in [1.165, 1.54) is 19.3 Å². The third-order valence-electron chi connectivity index (χ3n) is 1.32. The molecule has 0 aromatic heterocycles. The SMILES string of the molecule is CC(C)CCCCNS. The molecular formula is C7H17NS. The van der Waals surface area contributed by atoms with Gasteiger partial charge in [-0.3, -0.25) is 4.72 Å². The summed E-state index contributed by atoms with van der Waals surface area (Å²) in [5.41, 5.74) is 0. The van der Waals surface area contributed by atoms with Gasteiger partial charge in [0.15, 0.2) is 0 Å². The molecule has 56 valence electrons. The van der Waals surface area contributed by atoms with E-state index >= 15 is 0 Å². The van der Waals surface area contributed by atoms with Crippen molar-refractivity contribution < 1.29 is 0 Å². The Balaban J connectivity index is 2.75. The average Bonchev–Trinajstić information content (AvgIpc) is 1.80. The van der Waals surface area contributed by atoms with E-state index in [4.69, 9.17) is 0 Å². The fourth-order valence-corrected chi connectivity index (χ4v) is 0.915. The first-order chi connectivity index (χ1) is 4.27. The minimum Gasteiger partial charge on any atom is -0.267 e. The Kier molecular flexibility index (Phi) is 6.65. The Hall–Kier alpha value is 0.310. The van der Waals surface area contributed by atoms with E-state index in [0.717, 1.165) is 12.5 Å². The fourth-order valence-electron chi connectivity index (χ4n) is 0.757. The molecule has 0 aliphatic rings. The Morgan fingerprint density at radius 3 is 2.44 bits per heavy atom. The van der Waals surface area contributed by atoms with Crippen LogP contribution in [0.2, 0.25) is 0 Å². The van der Waals surface area contributed by atoms with Crippen LogP contribution in [-0.2, 0) is 0 Å². The van der Waals surface area contributed by atoms with Crippen LogP contribution in [0.1, 0.15) is 33.1 Å². The maximum Gasteiger partial charge on any atom is 0.00561 e. The zero-order valence-corrected chi connectivity index (χ0v) is 7.25. The summed E-state index contributed by atoms with van der Waals surface area (Å²) in [6, 6.07) is 0. The molecule has 0 rings (SSSR count). The first kappa shape index (κ1) is 9.31. The first-order valence-corrected chi connectivity index (χ1v) is 4.09. The van der Waals surface area contributed by atoms with Crippen molar-refractivity contribution in [1.82, 2.24) is 4.72 Å². The predicted molar refractivity (Wildman–Crippen MR) is 45.7 cm³/mol. The molecule has 0 unspecified atom stereocenters. The van der Waals surface area contributed by atoms with E-state index in [1.54, 1.807) is 0 Å². The van der Waals surface area contributed by atoms with Gasteiger partial charge in [-0.25, -0.2) is 0 Å². The molecule has 1 nitrogen and oxygen atoms in total. The van der Waals surface area contributed by atoms with E-state index in [9.17, 15) is 0 Å². The van der Waals surface area contributed by atoms with E-state index in [0.29, 0.717) is 0 Å². The van der Waals surface area contributed by atoms with Gasteiger partial charge in [0.25, 0.3) is 0 Å². The molecule has 0 aromatic rings. The van der Waals surface area contributed by atoms with Crippen molar-refractivity contribution in [2.75, 3.05) is 6.54 Å². The van der Waals surface area contributed by atoms with Gasteiger partial charge in [0.1, 0.15) is 0 Å². The molecule has 0 saturated carbocycles. The maximum absolute atomic E-state index is 3.90. The second kappa shape index (κ2) is 6.43. The lowest BCUT2D eigenvalue weighted by Crippen LogP contribution is -2.01. The molecule has 0 amide bonds. The zero-order valence-electron chi connectivity index (χ0n) is 6.35. The quantitative estimate of drug-likeness (QED) is 0.449. The molecule has 0 bridgehead atoms. The van der Waals surface area contributed by atoms with Crippen LogP contribution in [0.4, 0.5) is 0 Å². The zero-order chi connectivity index (χ0) is 7.11. The number of hydrogen-bond acceptors (Lipinski definition) is 2. The molecule has 0 saturated heterocycles. The summed E-state index contributed by atoms with van der Waals surface area (Å²) in [6.45, 7) is 5.55. The van der Waals surface area contributed by atoms with Gasteiger partial charge in [0, 0.05) is 6.54 Å². The molecule has 0 fully saturated rings. The minimum absolute atomic E-state index is 0.852. The molecular weight excluding hydrogens is 130 g/mol. The summed E-state index contributed by atoms with van der Waals surface area (Å²) < 4.78 is 2.84. The van der Waals surface area contributed by atoms with Gasteiger partial charge in [-0.15, -0.1) is 0 Å². The molecule has 2 heteroatoms. The van der Waals surface area contributed by atoms with Crippen molar-refractivity contribution in [2.45, 2.75) is 33.1 Å². The van der Waals surface area contributed by atoms with Crippen LogP contribution in [0.15, 0.2) is 0 Å². The summed E-state index contributed by atoms with van der Waals surface area (Å²) in [5.74, 6) is 0.852. The molecule has 0 aliphatic heterocycles. The van der Waals surface area contributed by atoms with Crippen LogP contribution in [0, 0.1) is 5.92 Å². The van der Waals surface area contributed by atoms with Crippen LogP contribution < -0.4 is 4.72 Å². The molecule has 1 N–H and O–H groups in total. The van der Waals surface area contributed by atoms with Crippen LogP contribution in [0.5, 0.6) is 0 Å². The summed E-state index contributed by atoms with van der Waals surface area (Å²) in [4.78, 5) is 0. The second-order valence-electron chi connectivity index (χ2n) is 2.80. The Bertz CT molecular complexity index is 54.9. The van der Waals surface area contributed by atoms with Crippen molar-refractivity contribution in [2.24, 2.45) is 5.92 Å². The molecule has 0 atom stereocenters. The van der Waals surface area contributed by atoms with Crippen LogP contribution in [0.25, 0.3) is 0 Å². The van der Waals surface area contributed by atoms with Gasteiger partial charge in [-0.2, -0.15) is 0 Å². The summed E-state index contributed by atoms with van der Waals surface area (Å²) in [6.07, 6.45) is 3.92. The van der Waals surface area contributed by atoms with E-state index < -0.39 is 0 Å². The van der Waals surface area contributed by atoms with Gasteiger partial charge in [0.05, 0.1) is 0 Å². The highest BCUT2D eigenvalue weighted by molar-refractivity contribution is 7.78. The minimum atomic E-state index is 0.852. The van der Waals surface area contributed by atoms with E-state index in [-0.39, 0.29) is 0 Å². The Morgan fingerprint density at radius 1 is 1.33 bits per heavy atom. The molecule has 0 spiro atoms. The van der Waals surface area contributed by atoms with Crippen molar-refractivity contribution in [3.63, 3.8) is 0 Å². The summed E-state index contributed by atoms with van der Waals surface area (Å²) in [5, 5.41) is 0. The van der Waals surface area contributed by atoms with Crippen molar-refractivity contribution in [3.05, 3.63) is 0 Å². The summed E-state index contributed by atoms with van der Waals surface area (Å²) >= 11 is 3.90. The lowest BCUT2D eigenvalue weighted by molar-refractivity contribution is 0.538. The number of hydrogen-bond donors (Lipinski definition) is 2. The van der Waals surface area contributed by atoms with Gasteiger partial charge < -0.3 is 0 Å². The van der Waals surface area contributed by atoms with Gasteiger partial charge in [-0.05, 0) is 12.3 Å². The topological polar surface area (TPSA) is 12.0 Å². The molecule has 0 aromatic carbocycles. The monoisotopic (exact) mass is 147 g/mol. The number of unbranched alkanes of at least 4 members (excludes halogenated alkanes) is 1. The lowest BCUT2D eigenvalue weighted by atomic mass is 10.1. The maximum atomic E-state index is 3.90. The third-order valence-corrected chi connectivity index (χ3v) is 1.54. The van der Waals surface area contributed by atoms with Crippen molar-refractivity contribution in [3.8, 4) is 0 Å². The molecule has 0 aliphatic carbocycles. The number of rotatable bonds is 5. The smallest absolute Gasteiger partial charge is 0.00561 e. The number of nitrogens with one attached hydrogen (secondary N) is 1. The summed E-state index contributed by atoms with van der Waals surface area (Å²) in [7, 11) is 0. The third kappa shape index (κ3) is 8.31. The Morgan fingerprint density at radius 2 is 2.00 bits per heavy atom. The van der Waals surface area contributed by atoms with Crippen LogP contribution in [0.3, 0.4) is 0 Å². The standard InChI is InChI=1S/C7H17NS/c1-7(2)5-3-4-6-8-9/h7-9H,3-6H2,1-2H3. The average molecular weight is 147 g/mol. The lowest BCUT2D eigenvalue weighted by Gasteiger charge is -2.02. The van der Waals surface area contributed by atoms with Crippen LogP contribution >= 0.6 is 12.8 Å². The van der Waals surface area contributed by atoms with Gasteiger partial charge in [-0.1, -0.05) is 39.5 Å². The van der Waals surface area contributed by atoms with Crippen molar-refractivity contribution in [1.29, 1.82) is 0 Å². The van der Waals surface area contributed by atoms with Gasteiger partial charge in [0.2, 0.25) is 0 Å². The molecule has 0 heterocycles. The van der Waals surface area contributed by atoms with Crippen LogP contribution in [-0.4, -0.2) is 6.54 Å². The highest BCUT2D eigenvalue weighted by Gasteiger charge is 1.91. The van der Waals surface area contributed by atoms with Crippen molar-refractivity contribution >= 4 is 12.8 Å².